The van der Waals surface area contributed by atoms with E-state index in [-0.39, 0.29) is 24.1 Å². The van der Waals surface area contributed by atoms with Gasteiger partial charge in [0.25, 0.3) is 0 Å². The van der Waals surface area contributed by atoms with E-state index in [2.05, 4.69) is 40.4 Å². The fourth-order valence-corrected chi connectivity index (χ4v) is 4.26. The Morgan fingerprint density at radius 1 is 1.06 bits per heavy atom. The van der Waals surface area contributed by atoms with E-state index in [4.69, 9.17) is 4.74 Å². The Hall–Kier alpha value is -3.59. The van der Waals surface area contributed by atoms with E-state index in [1.807, 2.05) is 42.5 Å². The number of piperidine rings is 1. The van der Waals surface area contributed by atoms with Gasteiger partial charge >= 0.3 is 0 Å². The van der Waals surface area contributed by atoms with Gasteiger partial charge in [0.2, 0.25) is 17.7 Å². The Labute approximate surface area is 192 Å². The number of hydrogen-bond donors (Lipinski definition) is 5. The second-order valence-electron chi connectivity index (χ2n) is 8.60. The Morgan fingerprint density at radius 2 is 1.79 bits per heavy atom. The molecule has 4 unspecified atom stereocenters. The van der Waals surface area contributed by atoms with Crippen molar-refractivity contribution in [3.8, 4) is 5.75 Å². The van der Waals surface area contributed by atoms with Gasteiger partial charge in [-0.1, -0.05) is 38.1 Å². The Balaban J connectivity index is 1.47. The molecule has 0 saturated carbocycles. The van der Waals surface area contributed by atoms with Crippen LogP contribution in [0.5, 0.6) is 5.75 Å². The molecule has 0 bridgehead atoms. The average Bonchev–Trinajstić information content (AvgIpc) is 2.79. The van der Waals surface area contributed by atoms with E-state index in [1.165, 1.54) is 0 Å². The highest BCUT2D eigenvalue weighted by molar-refractivity contribution is 6.00. The molecule has 0 spiro atoms. The maximum atomic E-state index is 13.1. The molecule has 0 aliphatic carbocycles. The number of amides is 3. The van der Waals surface area contributed by atoms with Crippen LogP contribution in [0.1, 0.15) is 31.7 Å². The third kappa shape index (κ3) is 4.93. The van der Waals surface area contributed by atoms with E-state index < -0.39 is 24.3 Å². The summed E-state index contributed by atoms with van der Waals surface area (Å²) in [5.74, 6) is -1.51. The number of nitrogens with one attached hydrogen (secondary N) is 5. The summed E-state index contributed by atoms with van der Waals surface area (Å²) < 4.78 is 5.34. The quantitative estimate of drug-likeness (QED) is 0.458. The van der Waals surface area contributed by atoms with Crippen LogP contribution in [0.15, 0.2) is 48.5 Å². The summed E-state index contributed by atoms with van der Waals surface area (Å²) in [5, 5.41) is 14.8. The molecular formula is C24H29N5O4. The van der Waals surface area contributed by atoms with Crippen LogP contribution in [0.3, 0.4) is 0 Å². The maximum Gasteiger partial charge on any atom is 0.229 e. The molecule has 2 heterocycles. The number of methoxy groups -OCH3 is 1. The summed E-state index contributed by atoms with van der Waals surface area (Å²) in [5.41, 5.74) is 2.47. The van der Waals surface area contributed by atoms with Crippen molar-refractivity contribution >= 4 is 29.1 Å². The third-order valence-electron chi connectivity index (χ3n) is 6.04. The van der Waals surface area contributed by atoms with E-state index in [0.717, 1.165) is 5.56 Å². The first-order valence-electron chi connectivity index (χ1n) is 11.0. The largest absolute Gasteiger partial charge is 0.495 e. The minimum Gasteiger partial charge on any atom is -0.495 e. The van der Waals surface area contributed by atoms with Crippen molar-refractivity contribution in [2.24, 2.45) is 11.8 Å². The van der Waals surface area contributed by atoms with Crippen LogP contribution < -0.4 is 31.3 Å². The lowest BCUT2D eigenvalue weighted by Gasteiger charge is -2.43. The van der Waals surface area contributed by atoms with Crippen molar-refractivity contribution in [1.82, 2.24) is 16.0 Å². The van der Waals surface area contributed by atoms with Crippen LogP contribution in [-0.2, 0) is 14.4 Å². The molecule has 4 atom stereocenters. The van der Waals surface area contributed by atoms with Crippen LogP contribution in [0.2, 0.25) is 0 Å². The smallest absolute Gasteiger partial charge is 0.229 e. The topological polar surface area (TPSA) is 121 Å². The summed E-state index contributed by atoms with van der Waals surface area (Å²) in [6, 6.07) is 14.9. The Morgan fingerprint density at radius 3 is 2.48 bits per heavy atom. The van der Waals surface area contributed by atoms with Crippen LogP contribution in [-0.4, -0.2) is 37.3 Å². The zero-order valence-electron chi connectivity index (χ0n) is 18.8. The molecule has 4 rings (SSSR count). The monoisotopic (exact) mass is 451 g/mol. The molecule has 0 aromatic heterocycles. The van der Waals surface area contributed by atoms with Gasteiger partial charge in [-0.15, -0.1) is 0 Å². The standard InChI is InChI=1S/C24H29N5O4/c1-13(2)14-8-10-15(11-9-14)25-22(31)16-12-19(30)27-21-20(16)23(32)29-24(28-21)26-17-6-4-5-7-18(17)33-3/h4-11,13,16,20-21,24,26,28H,12H2,1-3H3,(H,25,31)(H,27,30)(H,29,32). The summed E-state index contributed by atoms with van der Waals surface area (Å²) in [6.45, 7) is 4.19. The molecule has 33 heavy (non-hydrogen) atoms. The van der Waals surface area contributed by atoms with E-state index >= 15 is 0 Å². The molecule has 2 aromatic carbocycles. The van der Waals surface area contributed by atoms with Gasteiger partial charge in [-0.2, -0.15) is 0 Å². The minimum atomic E-state index is -0.798. The van der Waals surface area contributed by atoms with Gasteiger partial charge in [0.1, 0.15) is 5.75 Å². The predicted octanol–water partition coefficient (Wildman–Crippen LogP) is 1.95. The Bertz CT molecular complexity index is 1040. The summed E-state index contributed by atoms with van der Waals surface area (Å²) in [6.07, 6.45) is -1.40. The number of para-hydroxylation sites is 2. The van der Waals surface area contributed by atoms with Crippen LogP contribution in [0.25, 0.3) is 0 Å². The van der Waals surface area contributed by atoms with Crippen molar-refractivity contribution in [3.63, 3.8) is 0 Å². The fourth-order valence-electron chi connectivity index (χ4n) is 4.26. The first-order valence-corrected chi connectivity index (χ1v) is 11.0. The molecule has 2 aromatic rings. The molecular weight excluding hydrogens is 422 g/mol. The van der Waals surface area contributed by atoms with Gasteiger partial charge in [0.15, 0.2) is 6.29 Å². The zero-order valence-corrected chi connectivity index (χ0v) is 18.8. The number of hydrogen-bond acceptors (Lipinski definition) is 6. The van der Waals surface area contributed by atoms with Gasteiger partial charge in [-0.05, 0) is 35.7 Å². The van der Waals surface area contributed by atoms with E-state index in [9.17, 15) is 14.4 Å². The first kappa shape index (κ1) is 22.6. The second kappa shape index (κ2) is 9.50. The normalized spacial score (nSPS) is 24.4. The van der Waals surface area contributed by atoms with Gasteiger partial charge in [-0.3, -0.25) is 19.7 Å². The van der Waals surface area contributed by atoms with Crippen molar-refractivity contribution in [3.05, 3.63) is 54.1 Å². The van der Waals surface area contributed by atoms with Gasteiger partial charge < -0.3 is 26.0 Å². The average molecular weight is 452 g/mol. The third-order valence-corrected chi connectivity index (χ3v) is 6.04. The van der Waals surface area contributed by atoms with Crippen LogP contribution >= 0.6 is 0 Å². The van der Waals surface area contributed by atoms with E-state index in [0.29, 0.717) is 23.0 Å². The Kier molecular flexibility index (Phi) is 6.50. The van der Waals surface area contributed by atoms with Gasteiger partial charge in [-0.25, -0.2) is 0 Å². The lowest BCUT2D eigenvalue weighted by Crippen LogP contribution is -2.72. The summed E-state index contributed by atoms with van der Waals surface area (Å²) in [4.78, 5) is 38.5. The van der Waals surface area contributed by atoms with Crippen molar-refractivity contribution < 1.29 is 19.1 Å². The number of ether oxygens (including phenoxy) is 1. The number of rotatable bonds is 6. The minimum absolute atomic E-state index is 0.0587. The van der Waals surface area contributed by atoms with E-state index in [1.54, 1.807) is 13.2 Å². The molecule has 2 aliphatic heterocycles. The summed E-state index contributed by atoms with van der Waals surface area (Å²) >= 11 is 0. The predicted molar refractivity (Wildman–Crippen MR) is 124 cm³/mol. The number of fused-ring (bicyclic) bond motifs is 1. The molecule has 2 fully saturated rings. The number of benzene rings is 2. The second-order valence-corrected chi connectivity index (χ2v) is 8.60. The summed E-state index contributed by atoms with van der Waals surface area (Å²) in [7, 11) is 1.56. The van der Waals surface area contributed by atoms with Crippen LogP contribution in [0.4, 0.5) is 11.4 Å². The molecule has 2 aliphatic rings. The molecule has 9 heteroatoms. The SMILES string of the molecule is COc1ccccc1NC1NC(=O)C2C(NC(=O)CC2C(=O)Nc2ccc(C(C)C)cc2)N1. The zero-order chi connectivity index (χ0) is 23.5. The highest BCUT2D eigenvalue weighted by atomic mass is 16.5. The lowest BCUT2D eigenvalue weighted by molar-refractivity contribution is -0.144. The molecule has 174 valence electrons. The molecule has 9 nitrogen and oxygen atoms in total. The van der Waals surface area contributed by atoms with Gasteiger partial charge in [0, 0.05) is 12.1 Å². The van der Waals surface area contributed by atoms with Crippen molar-refractivity contribution in [1.29, 1.82) is 0 Å². The highest BCUT2D eigenvalue weighted by Gasteiger charge is 2.48. The lowest BCUT2D eigenvalue weighted by atomic mass is 9.81. The van der Waals surface area contributed by atoms with Gasteiger partial charge in [0.05, 0.1) is 30.8 Å². The number of carbonyl (C=O) groups is 3. The first-order chi connectivity index (χ1) is 15.9. The van der Waals surface area contributed by atoms with Crippen molar-refractivity contribution in [2.45, 2.75) is 38.6 Å². The number of anilines is 2. The maximum absolute atomic E-state index is 13.1. The molecule has 2 saturated heterocycles. The number of carbonyl (C=O) groups excluding carboxylic acids is 3. The van der Waals surface area contributed by atoms with Crippen molar-refractivity contribution in [2.75, 3.05) is 17.7 Å². The molecule has 5 N–H and O–H groups in total. The highest BCUT2D eigenvalue weighted by Crippen LogP contribution is 2.29. The molecule has 3 amide bonds. The molecule has 0 radical (unpaired) electrons. The fraction of sp³-hybridized carbons (Fsp3) is 0.375. The van der Waals surface area contributed by atoms with Crippen LogP contribution in [0, 0.1) is 11.8 Å².